The van der Waals surface area contributed by atoms with Gasteiger partial charge in [-0.05, 0) is 127 Å². The number of hydrogen-bond donors (Lipinski definition) is 0. The molecule has 0 amide bonds. The van der Waals surface area contributed by atoms with Crippen molar-refractivity contribution in [3.63, 3.8) is 0 Å². The molecule has 3 nitrogen and oxygen atoms in total. The standard InChI is InChI=1S/C58H39N3/c1-3-15-41(16-4-1)55-36-31-42-17-7-13-25-54(42)60(55)45-32-27-39(28-33-45)51-37-44-38-52(48-21-9-11-23-50(48)57(44)49-22-10-8-20-47(49)51)40-29-34-46(35-30-40)61-56-26-14-12-24-53(56)59-58(61)43-18-5-2-6-19-43/h1-30,32-38H,31H2. The van der Waals surface area contributed by atoms with E-state index in [1.54, 1.807) is 0 Å². The van der Waals surface area contributed by atoms with E-state index in [1.165, 1.54) is 77.1 Å². The molecule has 1 aromatic heterocycles. The first-order chi connectivity index (χ1) is 30.3. The highest BCUT2D eigenvalue weighted by atomic mass is 15.2. The van der Waals surface area contributed by atoms with Crippen molar-refractivity contribution in [2.75, 3.05) is 4.90 Å². The third-order valence-electron chi connectivity index (χ3n) is 12.4. The summed E-state index contributed by atoms with van der Waals surface area (Å²) in [5, 5.41) is 7.52. The van der Waals surface area contributed by atoms with Crippen LogP contribution in [0.4, 0.5) is 11.4 Å². The fraction of sp³-hybridized carbons (Fsp3) is 0.0172. The van der Waals surface area contributed by atoms with E-state index in [2.05, 4.69) is 234 Å². The van der Waals surface area contributed by atoms with Crippen LogP contribution in [0.5, 0.6) is 0 Å². The molecular weight excluding hydrogens is 739 g/mol. The lowest BCUT2D eigenvalue weighted by Crippen LogP contribution is -2.20. The summed E-state index contributed by atoms with van der Waals surface area (Å²) in [6, 6.07) is 79.1. The maximum atomic E-state index is 5.08. The highest BCUT2D eigenvalue weighted by Gasteiger charge is 2.23. The molecule has 1 aliphatic rings. The molecule has 3 heteroatoms. The SMILES string of the molecule is C1=C(c2ccccc2)N(c2ccc(-c3cc4cc(-c5ccc(-n6c(-c7ccccc7)nc7ccccc76)cc5)c5ccccc5c4c4ccccc34)cc2)c2ccccc2C1. The zero-order valence-corrected chi connectivity index (χ0v) is 33.4. The Morgan fingerprint density at radius 2 is 0.934 bits per heavy atom. The van der Waals surface area contributed by atoms with Crippen LogP contribution in [-0.2, 0) is 6.42 Å². The first-order valence-electron chi connectivity index (χ1n) is 21.0. The lowest BCUT2D eigenvalue weighted by Gasteiger charge is -2.33. The Labute approximate surface area is 354 Å². The molecule has 11 aromatic rings. The van der Waals surface area contributed by atoms with Crippen LogP contribution in [0.25, 0.3) is 88.4 Å². The van der Waals surface area contributed by atoms with Crippen molar-refractivity contribution in [2.24, 2.45) is 0 Å². The largest absolute Gasteiger partial charge is 0.310 e. The van der Waals surface area contributed by atoms with Crippen LogP contribution in [0.2, 0.25) is 0 Å². The Kier molecular flexibility index (Phi) is 8.24. The van der Waals surface area contributed by atoms with Crippen molar-refractivity contribution in [3.8, 4) is 39.3 Å². The first-order valence-corrected chi connectivity index (χ1v) is 21.0. The van der Waals surface area contributed by atoms with Gasteiger partial charge in [0.15, 0.2) is 0 Å². The number of rotatable bonds is 6. The predicted molar refractivity (Wildman–Crippen MR) is 257 cm³/mol. The average Bonchev–Trinajstić information content (AvgIpc) is 3.73. The molecule has 2 heterocycles. The molecule has 0 radical (unpaired) electrons. The highest BCUT2D eigenvalue weighted by molar-refractivity contribution is 6.25. The summed E-state index contributed by atoms with van der Waals surface area (Å²) in [6.07, 6.45) is 3.27. The van der Waals surface area contributed by atoms with Gasteiger partial charge in [-0.3, -0.25) is 4.57 Å². The molecule has 0 spiro atoms. The smallest absolute Gasteiger partial charge is 0.145 e. The van der Waals surface area contributed by atoms with E-state index >= 15 is 0 Å². The Balaban J connectivity index is 0.986. The van der Waals surface area contributed by atoms with Gasteiger partial charge in [0, 0.05) is 28.3 Å². The normalized spacial score (nSPS) is 12.6. The van der Waals surface area contributed by atoms with Crippen LogP contribution in [0.3, 0.4) is 0 Å². The average molecular weight is 778 g/mol. The lowest BCUT2D eigenvalue weighted by atomic mass is 9.87. The van der Waals surface area contributed by atoms with E-state index in [4.69, 9.17) is 4.98 Å². The van der Waals surface area contributed by atoms with Gasteiger partial charge >= 0.3 is 0 Å². The summed E-state index contributed by atoms with van der Waals surface area (Å²) in [6.45, 7) is 0. The molecule has 286 valence electrons. The van der Waals surface area contributed by atoms with Crippen LogP contribution in [-0.4, -0.2) is 9.55 Å². The lowest BCUT2D eigenvalue weighted by molar-refractivity contribution is 1.10. The quantitative estimate of drug-likeness (QED) is 0.157. The predicted octanol–water partition coefficient (Wildman–Crippen LogP) is 15.2. The van der Waals surface area contributed by atoms with Crippen LogP contribution in [0.15, 0.2) is 224 Å². The molecule has 0 fully saturated rings. The second kappa shape index (κ2) is 14.4. The zero-order chi connectivity index (χ0) is 40.3. The second-order valence-corrected chi connectivity index (χ2v) is 15.9. The molecule has 0 atom stereocenters. The summed E-state index contributed by atoms with van der Waals surface area (Å²) in [7, 11) is 0. The number of para-hydroxylation sites is 3. The zero-order valence-electron chi connectivity index (χ0n) is 33.4. The second-order valence-electron chi connectivity index (χ2n) is 15.9. The van der Waals surface area contributed by atoms with Crippen LogP contribution in [0.1, 0.15) is 11.1 Å². The summed E-state index contributed by atoms with van der Waals surface area (Å²) in [4.78, 5) is 7.50. The van der Waals surface area contributed by atoms with E-state index in [1.807, 2.05) is 0 Å². The van der Waals surface area contributed by atoms with Crippen LogP contribution >= 0.6 is 0 Å². The van der Waals surface area contributed by atoms with Crippen LogP contribution in [0, 0.1) is 0 Å². The molecule has 12 rings (SSSR count). The van der Waals surface area contributed by atoms with Gasteiger partial charge in [-0.25, -0.2) is 4.98 Å². The van der Waals surface area contributed by atoms with E-state index in [0.717, 1.165) is 40.2 Å². The van der Waals surface area contributed by atoms with Gasteiger partial charge in [0.05, 0.1) is 11.0 Å². The molecule has 10 aromatic carbocycles. The van der Waals surface area contributed by atoms with Crippen molar-refractivity contribution < 1.29 is 0 Å². The minimum Gasteiger partial charge on any atom is -0.310 e. The molecule has 0 bridgehead atoms. The monoisotopic (exact) mass is 777 g/mol. The molecule has 0 saturated carbocycles. The number of fused-ring (bicyclic) bond motifs is 7. The van der Waals surface area contributed by atoms with Gasteiger partial charge in [-0.1, -0.05) is 170 Å². The number of hydrogen-bond acceptors (Lipinski definition) is 2. The summed E-state index contributed by atoms with van der Waals surface area (Å²) >= 11 is 0. The molecule has 1 aliphatic heterocycles. The van der Waals surface area contributed by atoms with E-state index in [9.17, 15) is 0 Å². The Morgan fingerprint density at radius 3 is 1.59 bits per heavy atom. The molecule has 61 heavy (non-hydrogen) atoms. The van der Waals surface area contributed by atoms with Crippen molar-refractivity contribution in [3.05, 3.63) is 236 Å². The summed E-state index contributed by atoms with van der Waals surface area (Å²) in [5.74, 6) is 0.937. The third kappa shape index (κ3) is 5.85. The van der Waals surface area contributed by atoms with Gasteiger partial charge in [0.2, 0.25) is 0 Å². The van der Waals surface area contributed by atoms with Gasteiger partial charge in [-0.15, -0.1) is 0 Å². The number of aromatic nitrogens is 2. The minimum absolute atomic E-state index is 0.913. The van der Waals surface area contributed by atoms with E-state index in [0.29, 0.717) is 0 Å². The molecular formula is C58H39N3. The van der Waals surface area contributed by atoms with E-state index < -0.39 is 0 Å². The summed E-state index contributed by atoms with van der Waals surface area (Å²) in [5.41, 5.74) is 15.2. The van der Waals surface area contributed by atoms with Crippen LogP contribution < -0.4 is 4.90 Å². The van der Waals surface area contributed by atoms with E-state index in [-0.39, 0.29) is 0 Å². The third-order valence-corrected chi connectivity index (χ3v) is 12.4. The number of benzene rings is 10. The molecule has 0 aliphatic carbocycles. The maximum absolute atomic E-state index is 5.08. The first kappa shape index (κ1) is 35.0. The minimum atomic E-state index is 0.913. The Bertz CT molecular complexity index is 3470. The maximum Gasteiger partial charge on any atom is 0.145 e. The topological polar surface area (TPSA) is 21.1 Å². The molecule has 0 N–H and O–H groups in total. The fourth-order valence-corrected chi connectivity index (χ4v) is 9.57. The van der Waals surface area contributed by atoms with Crippen molar-refractivity contribution in [1.82, 2.24) is 9.55 Å². The van der Waals surface area contributed by atoms with Gasteiger partial charge in [0.1, 0.15) is 5.82 Å². The number of allylic oxidation sites excluding steroid dienone is 1. The van der Waals surface area contributed by atoms with Gasteiger partial charge in [-0.2, -0.15) is 0 Å². The fourth-order valence-electron chi connectivity index (χ4n) is 9.57. The number of nitrogens with zero attached hydrogens (tertiary/aromatic N) is 3. The number of imidazole rings is 1. The summed E-state index contributed by atoms with van der Waals surface area (Å²) < 4.78 is 2.28. The van der Waals surface area contributed by atoms with Gasteiger partial charge in [0.25, 0.3) is 0 Å². The Hall–Kier alpha value is -8.01. The molecule has 0 unspecified atom stereocenters. The molecule has 0 saturated heterocycles. The number of anilines is 2. The van der Waals surface area contributed by atoms with Crippen molar-refractivity contribution >= 4 is 60.4 Å². The van der Waals surface area contributed by atoms with Crippen molar-refractivity contribution in [2.45, 2.75) is 6.42 Å². The highest BCUT2D eigenvalue weighted by Crippen LogP contribution is 2.44. The Morgan fingerprint density at radius 1 is 0.410 bits per heavy atom. The van der Waals surface area contributed by atoms with Gasteiger partial charge < -0.3 is 4.90 Å². The van der Waals surface area contributed by atoms with Crippen molar-refractivity contribution in [1.29, 1.82) is 0 Å².